The van der Waals surface area contributed by atoms with Crippen LogP contribution in [-0.4, -0.2) is 22.1 Å². The third kappa shape index (κ3) is 3.59. The Balaban J connectivity index is 1.79. The fourth-order valence-corrected chi connectivity index (χ4v) is 2.89. The molecule has 0 spiro atoms. The van der Waals surface area contributed by atoms with Crippen LogP contribution in [0.25, 0.3) is 0 Å². The molecule has 1 amide bonds. The van der Waals surface area contributed by atoms with E-state index in [0.29, 0.717) is 0 Å². The molecule has 1 aromatic carbocycles. The van der Waals surface area contributed by atoms with E-state index in [1.807, 2.05) is 30.3 Å². The van der Waals surface area contributed by atoms with Gasteiger partial charge in [-0.2, -0.15) is 0 Å². The number of carbonyl (C=O) groups is 1. The Kier molecular flexibility index (Phi) is 3.66. The van der Waals surface area contributed by atoms with Crippen LogP contribution in [-0.2, 0) is 21.1 Å². The second kappa shape index (κ2) is 5.22. The van der Waals surface area contributed by atoms with Crippen molar-refractivity contribution in [3.8, 4) is 0 Å². The molecule has 2 N–H and O–H groups in total. The highest BCUT2D eigenvalue weighted by Gasteiger charge is 2.20. The van der Waals surface area contributed by atoms with Crippen LogP contribution < -0.4 is 5.32 Å². The van der Waals surface area contributed by atoms with Crippen LogP contribution in [0.5, 0.6) is 0 Å². The second-order valence-corrected chi connectivity index (χ2v) is 6.09. The number of hydrogen-bond donors (Lipinski definition) is 2. The van der Waals surface area contributed by atoms with E-state index in [1.165, 1.54) is 5.41 Å². The lowest BCUT2D eigenvalue weighted by atomic mass is 10.2. The topological polar surface area (TPSA) is 79.3 Å². The Labute approximate surface area is 106 Å². The molecule has 1 heterocycles. The third-order valence-corrected chi connectivity index (χ3v) is 3.92. The average Bonchev–Trinajstić information content (AvgIpc) is 2.67. The van der Waals surface area contributed by atoms with Crippen LogP contribution in [0.1, 0.15) is 5.56 Å². The van der Waals surface area contributed by atoms with Crippen molar-refractivity contribution in [3.05, 3.63) is 47.4 Å². The molecule has 1 aliphatic rings. The molecule has 0 radical (unpaired) electrons. The van der Waals surface area contributed by atoms with Gasteiger partial charge in [0.1, 0.15) is 6.61 Å². The van der Waals surface area contributed by atoms with E-state index in [1.54, 1.807) is 6.08 Å². The zero-order chi connectivity index (χ0) is 13.0. The minimum atomic E-state index is -2.66. The Morgan fingerprint density at radius 3 is 2.78 bits per heavy atom. The van der Waals surface area contributed by atoms with Gasteiger partial charge in [-0.25, -0.2) is 13.8 Å². The van der Waals surface area contributed by atoms with Gasteiger partial charge in [-0.15, -0.1) is 0 Å². The summed E-state index contributed by atoms with van der Waals surface area (Å²) in [6, 6.07) is 8.96. The lowest BCUT2D eigenvalue weighted by Gasteiger charge is -2.11. The Hall–Kier alpha value is -1.82. The van der Waals surface area contributed by atoms with Crippen LogP contribution in [0.2, 0.25) is 0 Å². The van der Waals surface area contributed by atoms with Crippen molar-refractivity contribution in [1.82, 2.24) is 5.32 Å². The second-order valence-electron chi connectivity index (χ2n) is 4.03. The normalized spacial score (nSPS) is 25.9. The Bertz CT molecular complexity index is 552. The number of benzene rings is 1. The third-order valence-electron chi connectivity index (χ3n) is 2.47. The number of ether oxygens (including phenoxy) is 1. The van der Waals surface area contributed by atoms with E-state index in [4.69, 9.17) is 9.52 Å². The van der Waals surface area contributed by atoms with Gasteiger partial charge in [-0.05, 0) is 5.56 Å². The summed E-state index contributed by atoms with van der Waals surface area (Å²) in [6.07, 6.45) is 1.00. The highest BCUT2D eigenvalue weighted by atomic mass is 32.2. The van der Waals surface area contributed by atoms with E-state index in [0.717, 1.165) is 5.56 Å². The highest BCUT2D eigenvalue weighted by Crippen LogP contribution is 2.09. The number of alkyl carbamates (subject to hydrolysis) is 1. The fourth-order valence-electron chi connectivity index (χ4n) is 1.61. The van der Waals surface area contributed by atoms with Crippen molar-refractivity contribution in [2.45, 2.75) is 12.6 Å². The van der Waals surface area contributed by atoms with Gasteiger partial charge in [0.25, 0.3) is 0 Å². The molecule has 0 aliphatic carbocycles. The van der Waals surface area contributed by atoms with Crippen molar-refractivity contribution in [3.63, 3.8) is 0 Å². The van der Waals surface area contributed by atoms with Crippen LogP contribution in [0, 0.1) is 4.78 Å². The monoisotopic (exact) mass is 266 g/mol. The molecule has 1 aliphatic heterocycles. The van der Waals surface area contributed by atoms with E-state index in [9.17, 15) is 9.00 Å². The molecule has 0 saturated heterocycles. The quantitative estimate of drug-likeness (QED) is 0.876. The SMILES string of the molecule is N=S1(=O)C=CC(NC(=O)OCc2ccccc2)C1. The molecule has 96 valence electrons. The minimum Gasteiger partial charge on any atom is -0.445 e. The zero-order valence-electron chi connectivity index (χ0n) is 9.67. The summed E-state index contributed by atoms with van der Waals surface area (Å²) in [6.45, 7) is 0.194. The van der Waals surface area contributed by atoms with Gasteiger partial charge >= 0.3 is 6.09 Å². The lowest BCUT2D eigenvalue weighted by Crippen LogP contribution is -2.35. The van der Waals surface area contributed by atoms with E-state index < -0.39 is 15.8 Å². The van der Waals surface area contributed by atoms with Gasteiger partial charge in [0, 0.05) is 5.41 Å². The number of hydrogen-bond acceptors (Lipinski definition) is 4. The molecule has 0 saturated carbocycles. The molecule has 0 fully saturated rings. The predicted molar refractivity (Wildman–Crippen MR) is 68.4 cm³/mol. The van der Waals surface area contributed by atoms with Gasteiger partial charge in [-0.3, -0.25) is 0 Å². The predicted octanol–water partition coefficient (Wildman–Crippen LogP) is 1.86. The summed E-state index contributed by atoms with van der Waals surface area (Å²) < 4.78 is 23.7. The molecule has 1 aromatic rings. The molecular weight excluding hydrogens is 252 g/mol. The average molecular weight is 266 g/mol. The number of carbonyl (C=O) groups excluding carboxylic acids is 1. The molecule has 0 aromatic heterocycles. The smallest absolute Gasteiger partial charge is 0.407 e. The van der Waals surface area contributed by atoms with Crippen LogP contribution in [0.3, 0.4) is 0 Å². The van der Waals surface area contributed by atoms with E-state index in [-0.39, 0.29) is 18.4 Å². The van der Waals surface area contributed by atoms with Gasteiger partial charge in [0.2, 0.25) is 0 Å². The number of amides is 1. The van der Waals surface area contributed by atoms with Crippen molar-refractivity contribution in [1.29, 1.82) is 4.78 Å². The van der Waals surface area contributed by atoms with Crippen molar-refractivity contribution < 1.29 is 13.7 Å². The first-order valence-corrected chi connectivity index (χ1v) is 7.26. The Morgan fingerprint density at radius 1 is 1.44 bits per heavy atom. The van der Waals surface area contributed by atoms with Crippen LogP contribution in [0.4, 0.5) is 4.79 Å². The number of rotatable bonds is 3. The molecule has 0 bridgehead atoms. The Morgan fingerprint density at radius 2 is 2.17 bits per heavy atom. The molecule has 2 rings (SSSR count). The van der Waals surface area contributed by atoms with Gasteiger partial charge in [0.15, 0.2) is 0 Å². The standard InChI is InChI=1S/C12H14N2O3S/c13-18(16)7-6-11(9-18)14-12(15)17-8-10-4-2-1-3-5-10/h1-7,11,13H,8-9H2,(H,14,15). The van der Waals surface area contributed by atoms with Crippen molar-refractivity contribution >= 4 is 15.8 Å². The molecule has 2 unspecified atom stereocenters. The summed E-state index contributed by atoms with van der Waals surface area (Å²) in [5, 5.41) is 3.89. The van der Waals surface area contributed by atoms with Gasteiger partial charge in [0.05, 0.1) is 21.5 Å². The summed E-state index contributed by atoms with van der Waals surface area (Å²) >= 11 is 0. The summed E-state index contributed by atoms with van der Waals surface area (Å²) in [4.78, 5) is 11.5. The molecule has 5 nitrogen and oxygen atoms in total. The summed E-state index contributed by atoms with van der Waals surface area (Å²) in [5.41, 5.74) is 0.902. The van der Waals surface area contributed by atoms with Crippen LogP contribution >= 0.6 is 0 Å². The maximum absolute atomic E-state index is 11.5. The van der Waals surface area contributed by atoms with Crippen molar-refractivity contribution in [2.75, 3.05) is 5.75 Å². The van der Waals surface area contributed by atoms with Gasteiger partial charge < -0.3 is 10.1 Å². The first-order chi connectivity index (χ1) is 8.55. The fraction of sp³-hybridized carbons (Fsp3) is 0.250. The molecule has 6 heteroatoms. The number of nitrogens with one attached hydrogen (secondary N) is 2. The van der Waals surface area contributed by atoms with E-state index >= 15 is 0 Å². The molecule has 2 atom stereocenters. The maximum Gasteiger partial charge on any atom is 0.407 e. The zero-order valence-corrected chi connectivity index (χ0v) is 10.5. The van der Waals surface area contributed by atoms with Gasteiger partial charge in [-0.1, -0.05) is 36.4 Å². The highest BCUT2D eigenvalue weighted by molar-refractivity contribution is 7.95. The first-order valence-electron chi connectivity index (χ1n) is 5.47. The van der Waals surface area contributed by atoms with E-state index in [2.05, 4.69) is 5.32 Å². The maximum atomic E-state index is 11.5. The molecule has 18 heavy (non-hydrogen) atoms. The first kappa shape index (κ1) is 12.6. The molecular formula is C12H14N2O3S. The van der Waals surface area contributed by atoms with Crippen LogP contribution in [0.15, 0.2) is 41.8 Å². The largest absolute Gasteiger partial charge is 0.445 e. The minimum absolute atomic E-state index is 0.118. The summed E-state index contributed by atoms with van der Waals surface area (Å²) in [5.74, 6) is 0.118. The van der Waals surface area contributed by atoms with Crippen molar-refractivity contribution in [2.24, 2.45) is 0 Å². The lowest BCUT2D eigenvalue weighted by molar-refractivity contribution is 0.138. The summed E-state index contributed by atoms with van der Waals surface area (Å²) in [7, 11) is -2.66.